The molecule has 0 aliphatic heterocycles. The lowest BCUT2D eigenvalue weighted by Crippen LogP contribution is -2.35. The van der Waals surface area contributed by atoms with E-state index in [1.54, 1.807) is 5.54 Å². The molecule has 3 heteroatoms. The summed E-state index contributed by atoms with van der Waals surface area (Å²) in [5, 5.41) is 3.35. The number of rotatable bonds is 7. The van der Waals surface area contributed by atoms with E-state index in [1.807, 2.05) is 6.92 Å². The molecule has 0 aromatic heterocycles. The summed E-state index contributed by atoms with van der Waals surface area (Å²) in [6.07, 6.45) is 1.21. The van der Waals surface area contributed by atoms with Crippen molar-refractivity contribution in [1.82, 2.24) is 10.2 Å². The first-order valence-electron chi connectivity index (χ1n) is 5.28. The topological polar surface area (TPSA) is 15.3 Å². The molecular weight excluding hydrogens is 196 g/mol. The third-order valence-corrected chi connectivity index (χ3v) is 2.95. The summed E-state index contributed by atoms with van der Waals surface area (Å²) >= 11 is 5.55. The minimum absolute atomic E-state index is 0.668. The zero-order valence-corrected chi connectivity index (χ0v) is 10.6. The lowest BCUT2D eigenvalue weighted by atomic mass is 10.2. The predicted octanol–water partition coefficient (Wildman–Crippen LogP) is 2.45. The zero-order valence-electron chi connectivity index (χ0n) is 9.81. The van der Waals surface area contributed by atoms with Crippen molar-refractivity contribution in [2.45, 2.75) is 33.2 Å². The smallest absolute Gasteiger partial charge is 0.0174 e. The summed E-state index contributed by atoms with van der Waals surface area (Å²) in [7, 11) is 2.17. The van der Waals surface area contributed by atoms with Crippen LogP contribution in [-0.2, 0) is 0 Å². The lowest BCUT2D eigenvalue weighted by molar-refractivity contribution is 0.253. The monoisotopic (exact) mass is 218 g/mol. The molecule has 1 atom stereocenters. The maximum absolute atomic E-state index is 5.55. The van der Waals surface area contributed by atoms with E-state index in [1.165, 1.54) is 12.0 Å². The van der Waals surface area contributed by atoms with Crippen molar-refractivity contribution in [3.63, 3.8) is 0 Å². The van der Waals surface area contributed by atoms with Crippen molar-refractivity contribution in [2.75, 3.05) is 26.7 Å². The molecule has 84 valence electrons. The van der Waals surface area contributed by atoms with Gasteiger partial charge in [-0.25, -0.2) is 0 Å². The number of nitrogens with one attached hydrogen (secondary N) is 1. The quantitative estimate of drug-likeness (QED) is 0.661. The molecule has 0 fully saturated rings. The van der Waals surface area contributed by atoms with Crippen LogP contribution in [0.1, 0.15) is 27.2 Å². The first kappa shape index (κ1) is 13.9. The fourth-order valence-electron chi connectivity index (χ4n) is 1.11. The van der Waals surface area contributed by atoms with Crippen LogP contribution in [0.5, 0.6) is 0 Å². The van der Waals surface area contributed by atoms with Crippen LogP contribution in [0.15, 0.2) is 11.1 Å². The second kappa shape index (κ2) is 8.27. The molecule has 2 nitrogen and oxygen atoms in total. The molecular formula is C11H23ClN2. The van der Waals surface area contributed by atoms with Crippen LogP contribution in [0.2, 0.25) is 0 Å². The molecule has 0 aliphatic carbocycles. The Kier molecular flexibility index (Phi) is 8.24. The SMILES string of the molecule is CCC(C)N(C)CCNCC(C)=CCl. The van der Waals surface area contributed by atoms with E-state index in [9.17, 15) is 0 Å². The van der Waals surface area contributed by atoms with E-state index >= 15 is 0 Å². The summed E-state index contributed by atoms with van der Waals surface area (Å²) in [6, 6.07) is 0.668. The predicted molar refractivity (Wildman–Crippen MR) is 64.9 cm³/mol. The molecule has 0 radical (unpaired) electrons. The number of nitrogens with zero attached hydrogens (tertiary/aromatic N) is 1. The largest absolute Gasteiger partial charge is 0.312 e. The Morgan fingerprint density at radius 1 is 1.57 bits per heavy atom. The Balaban J connectivity index is 3.45. The van der Waals surface area contributed by atoms with Crippen LogP contribution < -0.4 is 5.32 Å². The molecule has 0 rings (SSSR count). The standard InChI is InChI=1S/C11H23ClN2/c1-5-11(3)14(4)7-6-13-9-10(2)8-12/h8,11,13H,5-7,9H2,1-4H3. The summed E-state index contributed by atoms with van der Waals surface area (Å²) in [5.41, 5.74) is 2.81. The molecule has 0 amide bonds. The number of likely N-dealkylation sites (N-methyl/N-ethyl adjacent to an activating group) is 1. The van der Waals surface area contributed by atoms with Crippen LogP contribution in [-0.4, -0.2) is 37.6 Å². The highest BCUT2D eigenvalue weighted by Crippen LogP contribution is 1.98. The van der Waals surface area contributed by atoms with Crippen LogP contribution in [0.4, 0.5) is 0 Å². The average molecular weight is 219 g/mol. The normalized spacial score (nSPS) is 14.9. The lowest BCUT2D eigenvalue weighted by Gasteiger charge is -2.23. The van der Waals surface area contributed by atoms with E-state index in [4.69, 9.17) is 11.6 Å². The Bertz CT molecular complexity index is 169. The van der Waals surface area contributed by atoms with Gasteiger partial charge in [-0.2, -0.15) is 0 Å². The molecule has 1 N–H and O–H groups in total. The van der Waals surface area contributed by atoms with Crippen molar-refractivity contribution in [1.29, 1.82) is 0 Å². The first-order chi connectivity index (χ1) is 6.61. The zero-order chi connectivity index (χ0) is 11.0. The first-order valence-corrected chi connectivity index (χ1v) is 5.72. The molecule has 0 saturated heterocycles. The molecule has 0 aromatic carbocycles. The molecule has 0 aliphatic rings. The third-order valence-electron chi connectivity index (χ3n) is 2.57. The second-order valence-electron chi connectivity index (χ2n) is 3.87. The van der Waals surface area contributed by atoms with Gasteiger partial charge in [0.2, 0.25) is 0 Å². The van der Waals surface area contributed by atoms with E-state index < -0.39 is 0 Å². The van der Waals surface area contributed by atoms with E-state index in [-0.39, 0.29) is 0 Å². The molecule has 0 spiro atoms. The fraction of sp³-hybridized carbons (Fsp3) is 0.818. The average Bonchev–Trinajstić information content (AvgIpc) is 2.22. The van der Waals surface area contributed by atoms with Gasteiger partial charge in [0, 0.05) is 31.2 Å². The fourth-order valence-corrected chi connectivity index (χ4v) is 1.19. The maximum atomic E-state index is 5.55. The van der Waals surface area contributed by atoms with Gasteiger partial charge in [-0.1, -0.05) is 18.5 Å². The van der Waals surface area contributed by atoms with Crippen molar-refractivity contribution in [3.8, 4) is 0 Å². The van der Waals surface area contributed by atoms with Crippen LogP contribution in [0, 0.1) is 0 Å². The molecule has 0 bridgehead atoms. The minimum atomic E-state index is 0.668. The number of hydrogen-bond donors (Lipinski definition) is 1. The van der Waals surface area contributed by atoms with Gasteiger partial charge < -0.3 is 10.2 Å². The van der Waals surface area contributed by atoms with Gasteiger partial charge >= 0.3 is 0 Å². The van der Waals surface area contributed by atoms with Gasteiger partial charge in [0.05, 0.1) is 0 Å². The molecule has 14 heavy (non-hydrogen) atoms. The Morgan fingerprint density at radius 2 is 2.21 bits per heavy atom. The highest BCUT2D eigenvalue weighted by molar-refractivity contribution is 6.25. The van der Waals surface area contributed by atoms with Crippen molar-refractivity contribution >= 4 is 11.6 Å². The van der Waals surface area contributed by atoms with Crippen molar-refractivity contribution < 1.29 is 0 Å². The van der Waals surface area contributed by atoms with Gasteiger partial charge in [0.1, 0.15) is 0 Å². The highest BCUT2D eigenvalue weighted by atomic mass is 35.5. The molecule has 1 unspecified atom stereocenters. The summed E-state index contributed by atoms with van der Waals surface area (Å²) in [6.45, 7) is 9.49. The Hall–Kier alpha value is -0.0500. The Morgan fingerprint density at radius 3 is 2.71 bits per heavy atom. The van der Waals surface area contributed by atoms with E-state index in [0.29, 0.717) is 6.04 Å². The molecule has 0 aromatic rings. The highest BCUT2D eigenvalue weighted by Gasteiger charge is 2.04. The van der Waals surface area contributed by atoms with Crippen LogP contribution in [0.25, 0.3) is 0 Å². The Labute approximate surface area is 93.3 Å². The van der Waals surface area contributed by atoms with Crippen molar-refractivity contribution in [3.05, 3.63) is 11.1 Å². The maximum Gasteiger partial charge on any atom is 0.0174 e. The van der Waals surface area contributed by atoms with Gasteiger partial charge in [0.25, 0.3) is 0 Å². The second-order valence-corrected chi connectivity index (χ2v) is 4.09. The molecule has 0 saturated carbocycles. The summed E-state index contributed by atoms with van der Waals surface area (Å²) < 4.78 is 0. The third kappa shape index (κ3) is 6.41. The van der Waals surface area contributed by atoms with Crippen LogP contribution >= 0.6 is 11.6 Å². The van der Waals surface area contributed by atoms with E-state index in [2.05, 4.69) is 31.1 Å². The summed E-state index contributed by atoms with van der Waals surface area (Å²) in [5.74, 6) is 0. The van der Waals surface area contributed by atoms with Gasteiger partial charge in [-0.3, -0.25) is 0 Å². The summed E-state index contributed by atoms with van der Waals surface area (Å²) in [4.78, 5) is 2.37. The van der Waals surface area contributed by atoms with Crippen LogP contribution in [0.3, 0.4) is 0 Å². The number of halogens is 1. The van der Waals surface area contributed by atoms with Gasteiger partial charge in [-0.05, 0) is 32.9 Å². The van der Waals surface area contributed by atoms with Crippen molar-refractivity contribution in [2.24, 2.45) is 0 Å². The van der Waals surface area contributed by atoms with Gasteiger partial charge in [-0.15, -0.1) is 0 Å². The number of hydrogen-bond acceptors (Lipinski definition) is 2. The van der Waals surface area contributed by atoms with E-state index in [0.717, 1.165) is 19.6 Å². The minimum Gasteiger partial charge on any atom is -0.312 e. The molecule has 0 heterocycles. The van der Waals surface area contributed by atoms with Gasteiger partial charge in [0.15, 0.2) is 0 Å².